The van der Waals surface area contributed by atoms with Crippen LogP contribution in [0.4, 0.5) is 0 Å². The van der Waals surface area contributed by atoms with Gasteiger partial charge in [0.15, 0.2) is 10.9 Å². The minimum absolute atomic E-state index is 0. The van der Waals surface area contributed by atoms with Crippen LogP contribution in [-0.2, 0) is 4.57 Å². The van der Waals surface area contributed by atoms with Gasteiger partial charge in [0.05, 0.1) is 0 Å². The number of benzene rings is 4. The van der Waals surface area contributed by atoms with Gasteiger partial charge in [0.25, 0.3) is 0 Å². The smallest absolute Gasteiger partial charge is 0.736 e. The van der Waals surface area contributed by atoms with Crippen LogP contribution in [0.15, 0.2) is 119 Å². The van der Waals surface area contributed by atoms with Gasteiger partial charge in [-0.1, -0.05) is 97.1 Å². The molecule has 0 aliphatic heterocycles. The number of phosphoric ester groups is 1. The summed E-state index contributed by atoms with van der Waals surface area (Å²) in [5.74, 6) is -0.0718. The van der Waals surface area contributed by atoms with Gasteiger partial charge in [0.1, 0.15) is 11.5 Å². The molecule has 6 nitrogen and oxygen atoms in total. The van der Waals surface area contributed by atoms with Gasteiger partial charge in [-0.25, -0.2) is 4.57 Å². The summed E-state index contributed by atoms with van der Waals surface area (Å²) in [6, 6.07) is 30.1. The first-order valence-electron chi connectivity index (χ1n) is 11.5. The van der Waals surface area contributed by atoms with Crippen LogP contribution in [0.2, 0.25) is 0 Å². The third kappa shape index (κ3) is 4.73. The summed E-state index contributed by atoms with van der Waals surface area (Å²) in [6.45, 7) is 0. The van der Waals surface area contributed by atoms with Crippen molar-refractivity contribution in [1.29, 1.82) is 0 Å². The summed E-state index contributed by atoms with van der Waals surface area (Å²) in [5, 5.41) is 3.22. The van der Waals surface area contributed by atoms with Crippen LogP contribution in [0.5, 0.6) is 11.5 Å². The number of hydrogen-bond acceptors (Lipinski definition) is 6. The standard InChI is InChI=1S/C30H19O6P.Na/c31-29-21-11-3-1-9-19(21)17-27(23-13-5-7-15-25(23)29)35-37(33,34)36-28-18-20-10-2-4-12-22(20)30(32)26-16-8-6-14-24(26)28;/h1-18H,(H,33,34);/q;+1/p-1. The second kappa shape index (κ2) is 10.3. The molecule has 0 spiro atoms. The fraction of sp³-hybridized carbons (Fsp3) is 0. The van der Waals surface area contributed by atoms with Crippen molar-refractivity contribution in [3.8, 4) is 11.5 Å². The topological polar surface area (TPSA) is 92.7 Å². The summed E-state index contributed by atoms with van der Waals surface area (Å²) in [4.78, 5) is 39.7. The average molecular weight is 528 g/mol. The predicted molar refractivity (Wildman–Crippen MR) is 144 cm³/mol. The average Bonchev–Trinajstić information content (AvgIpc) is 3.10. The molecule has 0 aliphatic carbocycles. The second-order valence-electron chi connectivity index (χ2n) is 8.57. The van der Waals surface area contributed by atoms with Crippen LogP contribution < -0.4 is 54.4 Å². The van der Waals surface area contributed by atoms with Crippen molar-refractivity contribution in [2.75, 3.05) is 0 Å². The van der Waals surface area contributed by atoms with Crippen LogP contribution in [0.1, 0.15) is 0 Å². The van der Waals surface area contributed by atoms with Gasteiger partial charge >= 0.3 is 37.4 Å². The van der Waals surface area contributed by atoms with E-state index < -0.39 is 7.82 Å². The van der Waals surface area contributed by atoms with E-state index in [0.29, 0.717) is 43.1 Å². The van der Waals surface area contributed by atoms with Gasteiger partial charge in [-0.05, 0) is 22.9 Å². The second-order valence-corrected chi connectivity index (χ2v) is 9.83. The van der Waals surface area contributed by atoms with Crippen LogP contribution in [0, 0.1) is 0 Å². The van der Waals surface area contributed by atoms with E-state index in [1.807, 2.05) is 0 Å². The van der Waals surface area contributed by atoms with Gasteiger partial charge in [-0.3, -0.25) is 9.59 Å². The SMILES string of the molecule is O=c1c2ccccc2cc(OP(=O)([O-])Oc2cc3ccccc3c(=O)c3ccccc23)c2ccccc12.[Na+]. The van der Waals surface area contributed by atoms with E-state index in [9.17, 15) is 19.0 Å². The molecule has 0 bridgehead atoms. The van der Waals surface area contributed by atoms with E-state index >= 15 is 0 Å². The summed E-state index contributed by atoms with van der Waals surface area (Å²) < 4.78 is 24.4. The van der Waals surface area contributed by atoms with E-state index in [-0.39, 0.29) is 51.9 Å². The molecule has 0 radical (unpaired) electrons. The maximum absolute atomic E-state index is 13.3. The molecule has 0 N–H and O–H groups in total. The van der Waals surface area contributed by atoms with Crippen LogP contribution in [0.25, 0.3) is 43.1 Å². The number of rotatable bonds is 4. The molecule has 0 aromatic heterocycles. The minimum atomic E-state index is -5.05. The Morgan fingerprint density at radius 2 is 0.816 bits per heavy atom. The molecule has 0 fully saturated rings. The summed E-state index contributed by atoms with van der Waals surface area (Å²) >= 11 is 0. The van der Waals surface area contributed by atoms with Gasteiger partial charge in [-0.2, -0.15) is 0 Å². The van der Waals surface area contributed by atoms with Crippen molar-refractivity contribution in [3.05, 3.63) is 130 Å². The molecule has 38 heavy (non-hydrogen) atoms. The molecule has 0 saturated carbocycles. The number of fused-ring (bicyclic) bond motifs is 4. The summed E-state index contributed by atoms with van der Waals surface area (Å²) in [7, 11) is -5.05. The van der Waals surface area contributed by atoms with Gasteiger partial charge in [0.2, 0.25) is 0 Å². The number of phosphoric acid groups is 1. The van der Waals surface area contributed by atoms with E-state index in [2.05, 4.69) is 0 Å². The van der Waals surface area contributed by atoms with Crippen LogP contribution in [0.3, 0.4) is 0 Å². The normalized spacial score (nSPS) is 11.4. The first-order valence-corrected chi connectivity index (χ1v) is 13.0. The molecular formula is C30H18NaO6P. The largest absolute Gasteiger partial charge is 1.00 e. The minimum Gasteiger partial charge on any atom is -0.736 e. The van der Waals surface area contributed by atoms with Crippen molar-refractivity contribution < 1.29 is 48.1 Å². The molecule has 0 unspecified atom stereocenters. The molecular weight excluding hydrogens is 510 g/mol. The Balaban J connectivity index is 0.00000294. The molecule has 6 rings (SSSR count). The molecule has 0 heterocycles. The third-order valence-electron chi connectivity index (χ3n) is 6.28. The Labute approximate surface area is 239 Å². The zero-order chi connectivity index (χ0) is 25.6. The maximum Gasteiger partial charge on any atom is 1.00 e. The Morgan fingerprint density at radius 1 is 0.500 bits per heavy atom. The van der Waals surface area contributed by atoms with Crippen molar-refractivity contribution in [1.82, 2.24) is 0 Å². The zero-order valence-corrected chi connectivity index (χ0v) is 23.2. The first kappa shape index (κ1) is 26.1. The molecule has 180 valence electrons. The van der Waals surface area contributed by atoms with E-state index in [1.54, 1.807) is 97.1 Å². The van der Waals surface area contributed by atoms with E-state index in [4.69, 9.17) is 9.05 Å². The molecule has 0 saturated heterocycles. The molecule has 8 heteroatoms. The van der Waals surface area contributed by atoms with Crippen molar-refractivity contribution >= 4 is 50.9 Å². The molecule has 0 aliphatic rings. The Hall–Kier alpha value is -3.51. The Kier molecular flexibility index (Phi) is 7.10. The molecule has 0 amide bonds. The monoisotopic (exact) mass is 528 g/mol. The van der Waals surface area contributed by atoms with Gasteiger partial charge < -0.3 is 13.9 Å². The number of hydrogen-bond donors (Lipinski definition) is 0. The fourth-order valence-corrected chi connectivity index (χ4v) is 5.41. The Bertz CT molecular complexity index is 1900. The fourth-order valence-electron chi connectivity index (χ4n) is 4.59. The van der Waals surface area contributed by atoms with Crippen molar-refractivity contribution in [3.63, 3.8) is 0 Å². The first-order chi connectivity index (χ1) is 17.9. The summed E-state index contributed by atoms with van der Waals surface area (Å²) in [5.41, 5.74) is -0.476. The quantitative estimate of drug-likeness (QED) is 0.258. The predicted octanol–water partition coefficient (Wildman–Crippen LogP) is 2.95. The maximum atomic E-state index is 13.3. The van der Waals surface area contributed by atoms with Gasteiger partial charge in [0, 0.05) is 32.3 Å². The Morgan fingerprint density at radius 3 is 1.21 bits per heavy atom. The molecule has 0 atom stereocenters. The third-order valence-corrected chi connectivity index (χ3v) is 7.12. The van der Waals surface area contributed by atoms with Crippen molar-refractivity contribution in [2.24, 2.45) is 0 Å². The molecule has 6 aromatic rings. The summed E-state index contributed by atoms with van der Waals surface area (Å²) in [6.07, 6.45) is 0. The van der Waals surface area contributed by atoms with Gasteiger partial charge in [-0.15, -0.1) is 0 Å². The van der Waals surface area contributed by atoms with E-state index in [1.165, 1.54) is 12.1 Å². The zero-order valence-electron chi connectivity index (χ0n) is 20.3. The van der Waals surface area contributed by atoms with Crippen LogP contribution in [-0.4, -0.2) is 0 Å². The van der Waals surface area contributed by atoms with E-state index in [0.717, 1.165) is 0 Å². The van der Waals surface area contributed by atoms with Crippen molar-refractivity contribution in [2.45, 2.75) is 0 Å². The molecule has 6 aromatic carbocycles. The van der Waals surface area contributed by atoms with Crippen LogP contribution >= 0.6 is 7.82 Å².